The summed E-state index contributed by atoms with van der Waals surface area (Å²) in [5.41, 5.74) is 3.84. The second-order valence-electron chi connectivity index (χ2n) is 11.0. The van der Waals surface area contributed by atoms with Crippen LogP contribution in [0.4, 0.5) is 5.69 Å². The Morgan fingerprint density at radius 3 is 2.67 bits per heavy atom. The van der Waals surface area contributed by atoms with E-state index >= 15 is 0 Å². The molecule has 1 N–H and O–H groups in total. The number of carbonyl (C=O) groups excluding carboxylic acids is 2. The molecule has 0 radical (unpaired) electrons. The van der Waals surface area contributed by atoms with Crippen LogP contribution in [0.5, 0.6) is 0 Å². The lowest BCUT2D eigenvalue weighted by molar-refractivity contribution is -0.127. The van der Waals surface area contributed by atoms with Crippen LogP contribution in [0.1, 0.15) is 70.8 Å². The van der Waals surface area contributed by atoms with E-state index in [0.29, 0.717) is 30.0 Å². The molecule has 0 heterocycles. The van der Waals surface area contributed by atoms with Gasteiger partial charge >= 0.3 is 0 Å². The lowest BCUT2D eigenvalue weighted by atomic mass is 9.47. The molecule has 4 aliphatic carbocycles. The maximum absolute atomic E-state index is 13.3. The van der Waals surface area contributed by atoms with Crippen molar-refractivity contribution in [2.45, 2.75) is 72.1 Å². The second-order valence-corrected chi connectivity index (χ2v) is 11.0. The Labute approximate surface area is 180 Å². The third-order valence-electron chi connectivity index (χ3n) is 9.56. The van der Waals surface area contributed by atoms with Crippen LogP contribution in [-0.4, -0.2) is 11.7 Å². The first kappa shape index (κ1) is 20.0. The van der Waals surface area contributed by atoms with Gasteiger partial charge in [0.1, 0.15) is 0 Å². The van der Waals surface area contributed by atoms with Gasteiger partial charge in [0.15, 0.2) is 5.78 Å². The van der Waals surface area contributed by atoms with Crippen LogP contribution in [0.15, 0.2) is 35.9 Å². The van der Waals surface area contributed by atoms with E-state index in [1.807, 2.05) is 18.2 Å². The molecule has 3 saturated carbocycles. The number of nitrogens with one attached hydrogen (secondary N) is 1. The summed E-state index contributed by atoms with van der Waals surface area (Å²) < 4.78 is 0. The lowest BCUT2D eigenvalue weighted by Gasteiger charge is -2.58. The van der Waals surface area contributed by atoms with E-state index in [0.717, 1.165) is 31.4 Å². The number of fused-ring (bicyclic) bond motifs is 5. The first-order valence-electron chi connectivity index (χ1n) is 11.9. The average molecular weight is 406 g/mol. The summed E-state index contributed by atoms with van der Waals surface area (Å²) in [4.78, 5) is 25.3. The molecule has 0 saturated heterocycles. The predicted molar refractivity (Wildman–Crippen MR) is 120 cm³/mol. The zero-order chi connectivity index (χ0) is 21.1. The molecule has 3 unspecified atom stereocenters. The minimum atomic E-state index is 0.108. The van der Waals surface area contributed by atoms with Gasteiger partial charge in [0, 0.05) is 18.0 Å². The van der Waals surface area contributed by atoms with E-state index in [1.165, 1.54) is 30.4 Å². The van der Waals surface area contributed by atoms with Crippen molar-refractivity contribution in [3.63, 3.8) is 0 Å². The number of carbonyl (C=O) groups is 2. The Kier molecular flexibility index (Phi) is 4.72. The standard InChI is InChI=1S/C27H35NO2/c1-17-5-4-6-19(15-17)28-25(30)24-10-9-22-21-8-7-18-16-20(29)11-13-26(18,2)23(21)12-14-27(22,24)3/h4-6,15-16,21-24H,7-14H2,1-3H3,(H,28,30)/t21?,22?,23?,24-,26+,27+/m1/s1. The largest absolute Gasteiger partial charge is 0.326 e. The van der Waals surface area contributed by atoms with Crippen molar-refractivity contribution in [3.8, 4) is 0 Å². The van der Waals surface area contributed by atoms with Crippen LogP contribution in [0.25, 0.3) is 0 Å². The molecule has 3 heteroatoms. The lowest BCUT2D eigenvalue weighted by Crippen LogP contribution is -2.51. The molecule has 0 aromatic heterocycles. The predicted octanol–water partition coefficient (Wildman–Crippen LogP) is 6.08. The summed E-state index contributed by atoms with van der Waals surface area (Å²) in [6.07, 6.45) is 10.5. The first-order chi connectivity index (χ1) is 14.3. The van der Waals surface area contributed by atoms with Crippen molar-refractivity contribution in [2.24, 2.45) is 34.5 Å². The maximum Gasteiger partial charge on any atom is 0.228 e. The zero-order valence-electron chi connectivity index (χ0n) is 18.7. The number of rotatable bonds is 2. The number of aryl methyl sites for hydroxylation is 1. The molecule has 0 bridgehead atoms. The van der Waals surface area contributed by atoms with Crippen molar-refractivity contribution >= 4 is 17.4 Å². The van der Waals surface area contributed by atoms with Gasteiger partial charge in [-0.3, -0.25) is 9.59 Å². The topological polar surface area (TPSA) is 46.2 Å². The molecule has 3 fully saturated rings. The summed E-state index contributed by atoms with van der Waals surface area (Å²) >= 11 is 0. The highest BCUT2D eigenvalue weighted by Gasteiger charge is 2.60. The van der Waals surface area contributed by atoms with E-state index in [9.17, 15) is 9.59 Å². The SMILES string of the molecule is Cc1cccc(NC(=O)[C@H]2CCC3C4CCC5=CC(=O)CC[C@]5(C)C4CC[C@@]32C)c1. The van der Waals surface area contributed by atoms with Crippen molar-refractivity contribution < 1.29 is 9.59 Å². The first-order valence-corrected chi connectivity index (χ1v) is 11.9. The molecule has 6 atom stereocenters. The van der Waals surface area contributed by atoms with Crippen LogP contribution in [0, 0.1) is 41.4 Å². The summed E-state index contributed by atoms with van der Waals surface area (Å²) in [7, 11) is 0. The molecule has 3 nitrogen and oxygen atoms in total. The number of allylic oxidation sites excluding steroid dienone is 1. The molecular weight excluding hydrogens is 370 g/mol. The molecule has 1 amide bonds. The summed E-state index contributed by atoms with van der Waals surface area (Å²) in [5, 5.41) is 3.23. The molecule has 0 spiro atoms. The number of hydrogen-bond acceptors (Lipinski definition) is 2. The van der Waals surface area contributed by atoms with Gasteiger partial charge in [0.2, 0.25) is 5.91 Å². The van der Waals surface area contributed by atoms with Gasteiger partial charge in [-0.2, -0.15) is 0 Å². The smallest absolute Gasteiger partial charge is 0.228 e. The number of hydrogen-bond donors (Lipinski definition) is 1. The third-order valence-corrected chi connectivity index (χ3v) is 9.56. The van der Waals surface area contributed by atoms with E-state index in [-0.39, 0.29) is 22.7 Å². The highest BCUT2D eigenvalue weighted by Crippen LogP contribution is 2.66. The van der Waals surface area contributed by atoms with Crippen LogP contribution in [0.2, 0.25) is 0 Å². The van der Waals surface area contributed by atoms with Crippen molar-refractivity contribution in [3.05, 3.63) is 41.5 Å². The third kappa shape index (κ3) is 2.99. The van der Waals surface area contributed by atoms with E-state index in [4.69, 9.17) is 0 Å². The van der Waals surface area contributed by atoms with Crippen molar-refractivity contribution in [1.82, 2.24) is 0 Å². The maximum atomic E-state index is 13.3. The average Bonchev–Trinajstić information content (AvgIpc) is 3.06. The van der Waals surface area contributed by atoms with Crippen LogP contribution >= 0.6 is 0 Å². The van der Waals surface area contributed by atoms with E-state index in [1.54, 1.807) is 0 Å². The molecular formula is C27H35NO2. The number of benzene rings is 1. The Balaban J connectivity index is 1.37. The van der Waals surface area contributed by atoms with Crippen LogP contribution < -0.4 is 5.32 Å². The minimum Gasteiger partial charge on any atom is -0.326 e. The van der Waals surface area contributed by atoms with Crippen LogP contribution in [0.3, 0.4) is 0 Å². The Morgan fingerprint density at radius 2 is 1.87 bits per heavy atom. The quantitative estimate of drug-likeness (QED) is 0.648. The normalized spacial score (nSPS) is 40.1. The van der Waals surface area contributed by atoms with E-state index in [2.05, 4.69) is 38.2 Å². The Morgan fingerprint density at radius 1 is 1.03 bits per heavy atom. The van der Waals surface area contributed by atoms with E-state index < -0.39 is 0 Å². The monoisotopic (exact) mass is 405 g/mol. The second kappa shape index (κ2) is 7.07. The Hall–Kier alpha value is -1.90. The fourth-order valence-corrected chi connectivity index (χ4v) is 7.94. The number of amides is 1. The summed E-state index contributed by atoms with van der Waals surface area (Å²) in [6, 6.07) is 8.13. The van der Waals surface area contributed by atoms with Crippen LogP contribution in [-0.2, 0) is 9.59 Å². The van der Waals surface area contributed by atoms with Gasteiger partial charge in [0.05, 0.1) is 0 Å². The molecule has 5 rings (SSSR count). The molecule has 0 aliphatic heterocycles. The van der Waals surface area contributed by atoms with Gasteiger partial charge in [-0.15, -0.1) is 0 Å². The molecule has 160 valence electrons. The fourth-order valence-electron chi connectivity index (χ4n) is 7.94. The summed E-state index contributed by atoms with van der Waals surface area (Å²) in [5.74, 6) is 2.69. The highest BCUT2D eigenvalue weighted by molar-refractivity contribution is 5.93. The number of ketones is 1. The molecule has 1 aromatic carbocycles. The van der Waals surface area contributed by atoms with Crippen molar-refractivity contribution in [1.29, 1.82) is 0 Å². The van der Waals surface area contributed by atoms with Gasteiger partial charge in [-0.05, 0) is 104 Å². The highest BCUT2D eigenvalue weighted by atomic mass is 16.2. The molecule has 30 heavy (non-hydrogen) atoms. The number of anilines is 1. The zero-order valence-corrected chi connectivity index (χ0v) is 18.7. The minimum absolute atomic E-state index is 0.108. The molecule has 1 aromatic rings. The van der Waals surface area contributed by atoms with Gasteiger partial charge in [0.25, 0.3) is 0 Å². The van der Waals surface area contributed by atoms with Crippen molar-refractivity contribution in [2.75, 3.05) is 5.32 Å². The fraction of sp³-hybridized carbons (Fsp3) is 0.630. The molecule has 4 aliphatic rings. The van der Waals surface area contributed by atoms with Gasteiger partial charge in [-0.1, -0.05) is 31.6 Å². The van der Waals surface area contributed by atoms with Gasteiger partial charge in [-0.25, -0.2) is 0 Å². The Bertz CT molecular complexity index is 917. The summed E-state index contributed by atoms with van der Waals surface area (Å²) in [6.45, 7) is 6.90. The van der Waals surface area contributed by atoms with Gasteiger partial charge < -0.3 is 5.32 Å².